The zero-order chi connectivity index (χ0) is 13.0. The van der Waals surface area contributed by atoms with Crippen molar-refractivity contribution in [2.24, 2.45) is 0 Å². The van der Waals surface area contributed by atoms with Crippen LogP contribution in [0, 0.1) is 0 Å². The second-order valence-corrected chi connectivity index (χ2v) is 4.92. The number of rotatable bonds is 5. The van der Waals surface area contributed by atoms with Crippen molar-refractivity contribution >= 4 is 22.0 Å². The van der Waals surface area contributed by atoms with E-state index in [1.165, 1.54) is 0 Å². The van der Waals surface area contributed by atoms with E-state index in [0.717, 1.165) is 22.3 Å². The summed E-state index contributed by atoms with van der Waals surface area (Å²) >= 11 is 3.43. The highest BCUT2D eigenvalue weighted by molar-refractivity contribution is 9.10. The Morgan fingerprint density at radius 3 is 3.11 bits per heavy atom. The maximum Gasteiger partial charge on any atom is 0.407 e. The van der Waals surface area contributed by atoms with Gasteiger partial charge in [-0.05, 0) is 25.2 Å². The average molecular weight is 315 g/mol. The fourth-order valence-electron chi connectivity index (χ4n) is 1.72. The van der Waals surface area contributed by atoms with Crippen LogP contribution in [-0.2, 0) is 11.3 Å². The molecule has 1 aromatic rings. The number of cyclic esters (lactones) is 1. The lowest BCUT2D eigenvalue weighted by Crippen LogP contribution is -2.22. The molecule has 0 spiro atoms. The summed E-state index contributed by atoms with van der Waals surface area (Å²) in [7, 11) is 1.88. The molecule has 2 N–H and O–H groups in total. The van der Waals surface area contributed by atoms with Crippen LogP contribution in [-0.4, -0.2) is 32.4 Å². The molecule has 1 unspecified atom stereocenters. The van der Waals surface area contributed by atoms with Crippen molar-refractivity contribution in [1.82, 2.24) is 10.6 Å². The van der Waals surface area contributed by atoms with Gasteiger partial charge in [0, 0.05) is 16.6 Å². The fraction of sp³-hybridized carbons (Fsp3) is 0.417. The molecule has 5 nitrogen and oxygen atoms in total. The van der Waals surface area contributed by atoms with Crippen molar-refractivity contribution in [3.8, 4) is 5.75 Å². The minimum absolute atomic E-state index is 0.219. The van der Waals surface area contributed by atoms with E-state index in [0.29, 0.717) is 13.2 Å². The van der Waals surface area contributed by atoms with Crippen LogP contribution >= 0.6 is 15.9 Å². The largest absolute Gasteiger partial charge is 0.489 e. The van der Waals surface area contributed by atoms with Crippen LogP contribution in [0.4, 0.5) is 4.79 Å². The number of halogens is 1. The molecule has 2 rings (SSSR count). The van der Waals surface area contributed by atoms with E-state index in [9.17, 15) is 4.79 Å². The van der Waals surface area contributed by atoms with E-state index < -0.39 is 0 Å². The van der Waals surface area contributed by atoms with E-state index in [1.807, 2.05) is 25.2 Å². The molecule has 0 radical (unpaired) electrons. The van der Waals surface area contributed by atoms with E-state index in [2.05, 4.69) is 26.6 Å². The van der Waals surface area contributed by atoms with Crippen molar-refractivity contribution in [3.63, 3.8) is 0 Å². The lowest BCUT2D eigenvalue weighted by Gasteiger charge is -2.14. The van der Waals surface area contributed by atoms with Gasteiger partial charge in [-0.2, -0.15) is 0 Å². The molecule has 18 heavy (non-hydrogen) atoms. The molecule has 1 aliphatic rings. The van der Waals surface area contributed by atoms with E-state index in [1.54, 1.807) is 0 Å². The molecule has 1 atom stereocenters. The van der Waals surface area contributed by atoms with Crippen LogP contribution < -0.4 is 15.4 Å². The first-order chi connectivity index (χ1) is 8.69. The summed E-state index contributed by atoms with van der Waals surface area (Å²) in [4.78, 5) is 10.9. The summed E-state index contributed by atoms with van der Waals surface area (Å²) in [6.07, 6.45) is -0.599. The van der Waals surface area contributed by atoms with Gasteiger partial charge in [0.05, 0.1) is 6.54 Å². The molecular formula is C12H15BrN2O3. The van der Waals surface area contributed by atoms with Gasteiger partial charge in [0.1, 0.15) is 12.4 Å². The van der Waals surface area contributed by atoms with Crippen molar-refractivity contribution in [2.75, 3.05) is 20.2 Å². The topological polar surface area (TPSA) is 59.6 Å². The number of carbonyl (C=O) groups is 1. The minimum atomic E-state index is -0.380. The van der Waals surface area contributed by atoms with Crippen molar-refractivity contribution in [2.45, 2.75) is 12.6 Å². The molecular weight excluding hydrogens is 300 g/mol. The number of ether oxygens (including phenoxy) is 2. The van der Waals surface area contributed by atoms with Gasteiger partial charge in [0.2, 0.25) is 0 Å². The van der Waals surface area contributed by atoms with Crippen LogP contribution in [0.25, 0.3) is 0 Å². The van der Waals surface area contributed by atoms with E-state index in [-0.39, 0.29) is 12.2 Å². The molecule has 0 saturated carbocycles. The monoisotopic (exact) mass is 314 g/mol. The Bertz CT molecular complexity index is 439. The molecule has 1 saturated heterocycles. The summed E-state index contributed by atoms with van der Waals surface area (Å²) in [5.74, 6) is 0.801. The second-order valence-electron chi connectivity index (χ2n) is 4.00. The number of amides is 1. The number of nitrogens with one attached hydrogen (secondary N) is 2. The number of benzene rings is 1. The quantitative estimate of drug-likeness (QED) is 0.867. The summed E-state index contributed by atoms with van der Waals surface area (Å²) in [6.45, 7) is 1.57. The highest BCUT2D eigenvalue weighted by atomic mass is 79.9. The molecule has 1 fully saturated rings. The standard InChI is InChI=1S/C12H15BrN2O3/c1-14-5-8-4-9(13)2-3-11(8)17-7-10-6-15-12(16)18-10/h2-4,10,14H,5-7H2,1H3,(H,15,16). The van der Waals surface area contributed by atoms with E-state index >= 15 is 0 Å². The predicted octanol–water partition coefficient (Wildman–Crippen LogP) is 1.66. The van der Waals surface area contributed by atoms with Gasteiger partial charge >= 0.3 is 6.09 Å². The fourth-order valence-corrected chi connectivity index (χ4v) is 2.13. The summed E-state index contributed by atoms with van der Waals surface area (Å²) in [5.41, 5.74) is 1.06. The molecule has 6 heteroatoms. The van der Waals surface area contributed by atoms with Crippen LogP contribution in [0.2, 0.25) is 0 Å². The van der Waals surface area contributed by atoms with Crippen LogP contribution in [0.3, 0.4) is 0 Å². The molecule has 0 aliphatic carbocycles. The summed E-state index contributed by atoms with van der Waals surface area (Å²) < 4.78 is 11.7. The van der Waals surface area contributed by atoms with Crippen molar-refractivity contribution < 1.29 is 14.3 Å². The summed E-state index contributed by atoms with van der Waals surface area (Å²) in [6, 6.07) is 5.83. The van der Waals surface area contributed by atoms with Gasteiger partial charge in [-0.25, -0.2) is 4.79 Å². The maximum atomic E-state index is 10.9. The number of hydrogen-bond acceptors (Lipinski definition) is 4. The Morgan fingerprint density at radius 2 is 2.44 bits per heavy atom. The molecule has 0 aromatic heterocycles. The van der Waals surface area contributed by atoms with Crippen LogP contribution in [0.1, 0.15) is 5.56 Å². The van der Waals surface area contributed by atoms with Crippen LogP contribution in [0.5, 0.6) is 5.75 Å². The lowest BCUT2D eigenvalue weighted by molar-refractivity contribution is 0.104. The molecule has 0 bridgehead atoms. The van der Waals surface area contributed by atoms with Gasteiger partial charge in [0.15, 0.2) is 6.10 Å². The average Bonchev–Trinajstić information content (AvgIpc) is 2.75. The second kappa shape index (κ2) is 6.06. The third-order valence-corrected chi connectivity index (χ3v) is 3.06. The summed E-state index contributed by atoms with van der Waals surface area (Å²) in [5, 5.41) is 5.68. The smallest absolute Gasteiger partial charge is 0.407 e. The number of hydrogen-bond donors (Lipinski definition) is 2. The molecule has 98 valence electrons. The van der Waals surface area contributed by atoms with Crippen molar-refractivity contribution in [3.05, 3.63) is 28.2 Å². The van der Waals surface area contributed by atoms with Gasteiger partial charge in [-0.15, -0.1) is 0 Å². The van der Waals surface area contributed by atoms with Gasteiger partial charge in [0.25, 0.3) is 0 Å². The highest BCUT2D eigenvalue weighted by Gasteiger charge is 2.23. The molecule has 1 aliphatic heterocycles. The van der Waals surface area contributed by atoms with E-state index in [4.69, 9.17) is 9.47 Å². The van der Waals surface area contributed by atoms with Gasteiger partial charge < -0.3 is 20.1 Å². The zero-order valence-electron chi connectivity index (χ0n) is 10.0. The van der Waals surface area contributed by atoms with Gasteiger partial charge in [-0.3, -0.25) is 0 Å². The predicted molar refractivity (Wildman–Crippen MR) is 70.7 cm³/mol. The highest BCUT2D eigenvalue weighted by Crippen LogP contribution is 2.23. The SMILES string of the molecule is CNCc1cc(Br)ccc1OCC1CNC(=O)O1. The number of carbonyl (C=O) groups excluding carboxylic acids is 1. The zero-order valence-corrected chi connectivity index (χ0v) is 11.6. The normalized spacial score (nSPS) is 18.3. The molecule has 1 heterocycles. The first-order valence-corrected chi connectivity index (χ1v) is 6.48. The van der Waals surface area contributed by atoms with Crippen LogP contribution in [0.15, 0.2) is 22.7 Å². The molecule has 1 aromatic carbocycles. The Kier molecular flexibility index (Phi) is 4.43. The molecule has 1 amide bonds. The third kappa shape index (κ3) is 3.36. The number of alkyl carbamates (subject to hydrolysis) is 1. The Morgan fingerprint density at radius 1 is 1.61 bits per heavy atom. The van der Waals surface area contributed by atoms with Gasteiger partial charge in [-0.1, -0.05) is 15.9 Å². The third-order valence-electron chi connectivity index (χ3n) is 2.56. The Labute approximate surface area is 114 Å². The lowest BCUT2D eigenvalue weighted by atomic mass is 10.2. The Hall–Kier alpha value is -1.27. The first-order valence-electron chi connectivity index (χ1n) is 5.69. The first kappa shape index (κ1) is 13.2. The Balaban J connectivity index is 1.97. The minimum Gasteiger partial charge on any atom is -0.489 e. The maximum absolute atomic E-state index is 10.9. The van der Waals surface area contributed by atoms with Crippen molar-refractivity contribution in [1.29, 1.82) is 0 Å².